The van der Waals surface area contributed by atoms with E-state index in [1.165, 1.54) is 29.6 Å². The van der Waals surface area contributed by atoms with Gasteiger partial charge in [0.15, 0.2) is 22.9 Å². The molecule has 28 heavy (non-hydrogen) atoms. The highest BCUT2D eigenvalue weighted by molar-refractivity contribution is 9.09. The minimum atomic E-state index is -0.421. The van der Waals surface area contributed by atoms with Gasteiger partial charge in [-0.15, -0.1) is 11.8 Å². The standard InChI is InChI=1S/C19H14BrN3O3S2/c1-27-19(22-9-21)23-16-13(28-7-6-20)8-12(24)14-15(16)18(26)11-5-3-2-4-10(11)17(14)25/h2-5,8,24H,6-7H2,1H3,(H,22,23). The molecule has 1 aliphatic rings. The average Bonchev–Trinajstić information content (AvgIpc) is 2.71. The Balaban J connectivity index is 2.32. The Labute approximate surface area is 178 Å². The van der Waals surface area contributed by atoms with Gasteiger partial charge in [-0.1, -0.05) is 52.0 Å². The Hall–Kier alpha value is -2.28. The van der Waals surface area contributed by atoms with Crippen molar-refractivity contribution in [2.75, 3.05) is 17.3 Å². The number of ketones is 2. The zero-order chi connectivity index (χ0) is 20.3. The molecular formula is C19H14BrN3O3S2. The molecule has 2 N–H and O–H groups in total. The van der Waals surface area contributed by atoms with Crippen LogP contribution < -0.4 is 5.32 Å². The molecule has 2 aromatic rings. The summed E-state index contributed by atoms with van der Waals surface area (Å²) >= 11 is 5.95. The molecule has 0 radical (unpaired) electrons. The topological polar surface area (TPSA) is 103 Å². The number of nitrogens with zero attached hydrogens (tertiary/aromatic N) is 2. The summed E-state index contributed by atoms with van der Waals surface area (Å²) in [6.07, 6.45) is 3.55. The number of fused-ring (bicyclic) bond motifs is 2. The molecule has 0 heterocycles. The second-order valence-corrected chi connectivity index (χ2v) is 8.32. The molecule has 0 bridgehead atoms. The van der Waals surface area contributed by atoms with Crippen molar-refractivity contribution in [2.24, 2.45) is 4.99 Å². The number of halogens is 1. The zero-order valence-electron chi connectivity index (χ0n) is 14.7. The lowest BCUT2D eigenvalue weighted by molar-refractivity contribution is 0.0977. The second-order valence-electron chi connectivity index (χ2n) is 5.59. The van der Waals surface area contributed by atoms with Crippen molar-refractivity contribution >= 4 is 61.9 Å². The van der Waals surface area contributed by atoms with E-state index in [0.29, 0.717) is 16.0 Å². The fraction of sp³-hybridized carbons (Fsp3) is 0.158. The quantitative estimate of drug-likeness (QED) is 0.146. The Morgan fingerprint density at radius 1 is 1.25 bits per heavy atom. The molecule has 142 valence electrons. The van der Waals surface area contributed by atoms with Crippen LogP contribution in [0.15, 0.2) is 40.2 Å². The first-order chi connectivity index (χ1) is 13.5. The Morgan fingerprint density at radius 2 is 1.89 bits per heavy atom. The fourth-order valence-corrected chi connectivity index (χ4v) is 4.47. The number of nitriles is 1. The second kappa shape index (κ2) is 8.82. The van der Waals surface area contributed by atoms with Crippen LogP contribution in [0.1, 0.15) is 31.8 Å². The molecule has 9 heteroatoms. The summed E-state index contributed by atoms with van der Waals surface area (Å²) in [7, 11) is 0. The van der Waals surface area contributed by atoms with Crippen LogP contribution in [0.25, 0.3) is 0 Å². The summed E-state index contributed by atoms with van der Waals surface area (Å²) < 4.78 is 0. The number of benzene rings is 2. The van der Waals surface area contributed by atoms with Gasteiger partial charge in [0.1, 0.15) is 5.75 Å². The summed E-state index contributed by atoms with van der Waals surface area (Å²) in [5, 5.41) is 22.9. The number of amidine groups is 1. The molecule has 0 atom stereocenters. The largest absolute Gasteiger partial charge is 0.507 e. The van der Waals surface area contributed by atoms with Gasteiger partial charge in [-0.05, 0) is 12.3 Å². The van der Waals surface area contributed by atoms with E-state index in [1.54, 1.807) is 30.5 Å². The van der Waals surface area contributed by atoms with E-state index in [4.69, 9.17) is 5.26 Å². The molecular weight excluding hydrogens is 462 g/mol. The first-order valence-electron chi connectivity index (χ1n) is 8.08. The molecule has 0 aliphatic heterocycles. The van der Waals surface area contributed by atoms with Crippen molar-refractivity contribution in [3.05, 3.63) is 52.6 Å². The van der Waals surface area contributed by atoms with Crippen molar-refractivity contribution in [3.8, 4) is 11.9 Å². The summed E-state index contributed by atoms with van der Waals surface area (Å²) in [5.74, 6) is -0.384. The number of alkyl halides is 1. The van der Waals surface area contributed by atoms with Crippen LogP contribution in [0.5, 0.6) is 5.75 Å². The molecule has 6 nitrogen and oxygen atoms in total. The number of hydrogen-bond donors (Lipinski definition) is 2. The number of aliphatic imine (C=N–C) groups is 1. The van der Waals surface area contributed by atoms with Gasteiger partial charge in [0.2, 0.25) is 0 Å². The number of phenolic OH excluding ortho intramolecular Hbond substituents is 1. The number of carbonyl (C=O) groups is 2. The van der Waals surface area contributed by atoms with Crippen molar-refractivity contribution in [1.82, 2.24) is 5.32 Å². The summed E-state index contributed by atoms with van der Waals surface area (Å²) in [6, 6.07) is 7.97. The van der Waals surface area contributed by atoms with E-state index < -0.39 is 5.78 Å². The number of aromatic hydroxyl groups is 1. The predicted molar refractivity (Wildman–Crippen MR) is 115 cm³/mol. The molecule has 0 unspecified atom stereocenters. The number of carbonyl (C=O) groups excluding carboxylic acids is 2. The maximum absolute atomic E-state index is 13.2. The van der Waals surface area contributed by atoms with Crippen molar-refractivity contribution in [1.29, 1.82) is 5.26 Å². The van der Waals surface area contributed by atoms with E-state index in [0.717, 1.165) is 0 Å². The van der Waals surface area contributed by atoms with Gasteiger partial charge in [0, 0.05) is 27.1 Å². The number of rotatable bonds is 4. The molecule has 2 aromatic carbocycles. The monoisotopic (exact) mass is 475 g/mol. The molecule has 0 amide bonds. The lowest BCUT2D eigenvalue weighted by Gasteiger charge is -2.21. The number of hydrogen-bond acceptors (Lipinski definition) is 7. The van der Waals surface area contributed by atoms with E-state index in [9.17, 15) is 14.7 Å². The molecule has 0 saturated heterocycles. The average molecular weight is 476 g/mol. The van der Waals surface area contributed by atoms with Crippen LogP contribution in [-0.4, -0.2) is 39.2 Å². The molecule has 1 aliphatic carbocycles. The summed E-state index contributed by atoms with van der Waals surface area (Å²) in [6.45, 7) is 0. The van der Waals surface area contributed by atoms with Gasteiger partial charge in [-0.3, -0.25) is 14.9 Å². The third kappa shape index (κ3) is 3.68. The minimum absolute atomic E-state index is 0.0527. The molecule has 0 fully saturated rings. The lowest BCUT2D eigenvalue weighted by atomic mass is 9.82. The van der Waals surface area contributed by atoms with E-state index in [-0.39, 0.29) is 44.6 Å². The third-order valence-electron chi connectivity index (χ3n) is 4.02. The van der Waals surface area contributed by atoms with Gasteiger partial charge >= 0.3 is 0 Å². The fourth-order valence-electron chi connectivity index (χ4n) is 2.88. The van der Waals surface area contributed by atoms with Gasteiger partial charge in [0.25, 0.3) is 0 Å². The van der Waals surface area contributed by atoms with Crippen LogP contribution in [-0.2, 0) is 0 Å². The molecule has 0 saturated carbocycles. The van der Waals surface area contributed by atoms with Crippen molar-refractivity contribution in [2.45, 2.75) is 4.90 Å². The minimum Gasteiger partial charge on any atom is -0.507 e. The van der Waals surface area contributed by atoms with E-state index in [2.05, 4.69) is 26.2 Å². The van der Waals surface area contributed by atoms with Crippen LogP contribution in [0.4, 0.5) is 5.69 Å². The highest BCUT2D eigenvalue weighted by Crippen LogP contribution is 2.44. The van der Waals surface area contributed by atoms with Crippen LogP contribution >= 0.6 is 39.5 Å². The van der Waals surface area contributed by atoms with Crippen molar-refractivity contribution in [3.63, 3.8) is 0 Å². The maximum atomic E-state index is 13.2. The zero-order valence-corrected chi connectivity index (χ0v) is 17.9. The Morgan fingerprint density at radius 3 is 2.46 bits per heavy atom. The van der Waals surface area contributed by atoms with Crippen molar-refractivity contribution < 1.29 is 14.7 Å². The SMILES string of the molecule is CSC(=Nc1c(SCCBr)cc(O)c2c1C(=O)c1ccccc1C2=O)NC#N. The van der Waals surface area contributed by atoms with Gasteiger partial charge in [-0.2, -0.15) is 5.26 Å². The van der Waals surface area contributed by atoms with Crippen LogP contribution in [0, 0.1) is 11.5 Å². The van der Waals surface area contributed by atoms with Crippen LogP contribution in [0.2, 0.25) is 0 Å². The summed E-state index contributed by atoms with van der Waals surface area (Å²) in [5.41, 5.74) is 0.817. The van der Waals surface area contributed by atoms with E-state index >= 15 is 0 Å². The normalized spacial score (nSPS) is 13.0. The highest BCUT2D eigenvalue weighted by Gasteiger charge is 2.35. The van der Waals surface area contributed by atoms with E-state index in [1.807, 2.05) is 6.19 Å². The first-order valence-corrected chi connectivity index (χ1v) is 11.4. The first kappa shape index (κ1) is 20.5. The predicted octanol–water partition coefficient (Wildman–Crippen LogP) is 4.08. The molecule has 0 spiro atoms. The van der Waals surface area contributed by atoms with Gasteiger partial charge in [-0.25, -0.2) is 4.99 Å². The van der Waals surface area contributed by atoms with Gasteiger partial charge in [0.05, 0.1) is 16.8 Å². The molecule has 3 rings (SSSR count). The number of phenols is 1. The third-order valence-corrected chi connectivity index (χ3v) is 6.55. The maximum Gasteiger partial charge on any atom is 0.198 e. The number of nitrogens with one attached hydrogen (secondary N) is 1. The Kier molecular flexibility index (Phi) is 6.44. The molecule has 0 aromatic heterocycles. The lowest BCUT2D eigenvalue weighted by Crippen LogP contribution is -2.22. The van der Waals surface area contributed by atoms with Gasteiger partial charge < -0.3 is 5.11 Å². The smallest absolute Gasteiger partial charge is 0.198 e. The van der Waals surface area contributed by atoms with Crippen LogP contribution in [0.3, 0.4) is 0 Å². The Bertz CT molecular complexity index is 1050. The summed E-state index contributed by atoms with van der Waals surface area (Å²) in [4.78, 5) is 31.2. The number of thioether (sulfide) groups is 2. The highest BCUT2D eigenvalue weighted by atomic mass is 79.9.